The Morgan fingerprint density at radius 3 is 2.14 bits per heavy atom. The number of guanidine groups is 2. The Labute approximate surface area is 135 Å². The Morgan fingerprint density at radius 1 is 1.05 bits per heavy atom. The van der Waals surface area contributed by atoms with Gasteiger partial charge in [0.15, 0.2) is 11.9 Å². The van der Waals surface area contributed by atoms with Gasteiger partial charge in [-0.15, -0.1) is 0 Å². The summed E-state index contributed by atoms with van der Waals surface area (Å²) in [6, 6.07) is 0. The summed E-state index contributed by atoms with van der Waals surface area (Å²) in [4.78, 5) is 4.51. The summed E-state index contributed by atoms with van der Waals surface area (Å²) in [7, 11) is 0. The molecule has 6 heteroatoms. The molecule has 0 rings (SSSR count). The zero-order valence-corrected chi connectivity index (χ0v) is 14.6. The highest BCUT2D eigenvalue weighted by Gasteiger charge is 2.37. The SMILES string of the molecule is CCCCCCC(N=C(N)N)(NC(=N)N)C(CC)CCCC. The van der Waals surface area contributed by atoms with Crippen LogP contribution >= 0.6 is 0 Å². The highest BCUT2D eigenvalue weighted by molar-refractivity contribution is 5.78. The van der Waals surface area contributed by atoms with Crippen molar-refractivity contribution in [3.63, 3.8) is 0 Å². The van der Waals surface area contributed by atoms with E-state index in [-0.39, 0.29) is 17.8 Å². The molecule has 0 aliphatic heterocycles. The van der Waals surface area contributed by atoms with E-state index in [2.05, 4.69) is 31.1 Å². The van der Waals surface area contributed by atoms with Crippen LogP contribution in [0.5, 0.6) is 0 Å². The summed E-state index contributed by atoms with van der Waals surface area (Å²) in [5.41, 5.74) is 16.3. The Morgan fingerprint density at radius 2 is 1.68 bits per heavy atom. The first-order chi connectivity index (χ1) is 10.4. The highest BCUT2D eigenvalue weighted by Crippen LogP contribution is 2.32. The van der Waals surface area contributed by atoms with Crippen LogP contribution in [0.2, 0.25) is 0 Å². The average molecular weight is 313 g/mol. The number of hydrogen-bond donors (Lipinski definition) is 5. The molecule has 0 saturated carbocycles. The van der Waals surface area contributed by atoms with Gasteiger partial charge in [0.05, 0.1) is 0 Å². The van der Waals surface area contributed by atoms with Gasteiger partial charge in [-0.2, -0.15) is 0 Å². The van der Waals surface area contributed by atoms with E-state index in [4.69, 9.17) is 22.6 Å². The maximum absolute atomic E-state index is 7.67. The Bertz CT molecular complexity index is 338. The van der Waals surface area contributed by atoms with Gasteiger partial charge in [-0.25, -0.2) is 4.99 Å². The lowest BCUT2D eigenvalue weighted by Crippen LogP contribution is -2.56. The average Bonchev–Trinajstić information content (AvgIpc) is 2.43. The minimum Gasteiger partial charge on any atom is -0.370 e. The van der Waals surface area contributed by atoms with Crippen molar-refractivity contribution in [2.75, 3.05) is 0 Å². The van der Waals surface area contributed by atoms with Crippen molar-refractivity contribution >= 4 is 11.9 Å². The van der Waals surface area contributed by atoms with Crippen molar-refractivity contribution < 1.29 is 0 Å². The number of unbranched alkanes of at least 4 members (excludes halogenated alkanes) is 4. The fourth-order valence-corrected chi connectivity index (χ4v) is 3.06. The number of aliphatic imine (C=N–C) groups is 1. The lowest BCUT2D eigenvalue weighted by Gasteiger charge is -2.38. The van der Waals surface area contributed by atoms with Gasteiger partial charge in [-0.1, -0.05) is 52.9 Å². The van der Waals surface area contributed by atoms with E-state index in [1.54, 1.807) is 0 Å². The van der Waals surface area contributed by atoms with Gasteiger partial charge < -0.3 is 22.5 Å². The molecular weight excluding hydrogens is 276 g/mol. The molecule has 22 heavy (non-hydrogen) atoms. The molecule has 0 heterocycles. The minimum absolute atomic E-state index is 0.0548. The van der Waals surface area contributed by atoms with Crippen molar-refractivity contribution in [3.8, 4) is 0 Å². The van der Waals surface area contributed by atoms with E-state index >= 15 is 0 Å². The van der Waals surface area contributed by atoms with Crippen molar-refractivity contribution in [3.05, 3.63) is 0 Å². The molecule has 6 nitrogen and oxygen atoms in total. The third-order valence-electron chi connectivity index (χ3n) is 4.17. The van der Waals surface area contributed by atoms with Crippen LogP contribution in [-0.2, 0) is 0 Å². The second kappa shape index (κ2) is 11.2. The summed E-state index contributed by atoms with van der Waals surface area (Å²) in [5, 5.41) is 10.7. The molecule has 0 spiro atoms. The molecule has 2 atom stereocenters. The standard InChI is InChI=1S/C16H36N6/c1-4-7-9-10-12-16(21-14(17)18,22-15(19)20)13(6-3)11-8-5-2/h13H,4-12H2,1-3H3,(H4,17,18,21)(H4,19,20,22). The number of hydrogen-bond acceptors (Lipinski definition) is 2. The van der Waals surface area contributed by atoms with Crippen LogP contribution in [0.1, 0.15) is 78.6 Å². The number of rotatable bonds is 12. The Hall–Kier alpha value is -1.46. The maximum atomic E-state index is 7.67. The van der Waals surface area contributed by atoms with Gasteiger partial charge >= 0.3 is 0 Å². The van der Waals surface area contributed by atoms with Gasteiger partial charge in [-0.3, -0.25) is 5.41 Å². The molecule has 0 saturated heterocycles. The van der Waals surface area contributed by atoms with Crippen LogP contribution < -0.4 is 22.5 Å². The Kier molecular flexibility index (Phi) is 10.4. The fourth-order valence-electron chi connectivity index (χ4n) is 3.06. The van der Waals surface area contributed by atoms with E-state index in [1.807, 2.05) is 0 Å². The van der Waals surface area contributed by atoms with Crippen molar-refractivity contribution in [1.29, 1.82) is 5.41 Å². The number of nitrogens with zero attached hydrogens (tertiary/aromatic N) is 1. The van der Waals surface area contributed by atoms with Gasteiger partial charge in [-0.05, 0) is 25.7 Å². The molecule has 0 aromatic rings. The third kappa shape index (κ3) is 7.52. The first kappa shape index (κ1) is 20.5. The zero-order chi connectivity index (χ0) is 17.0. The number of nitrogens with two attached hydrogens (primary N) is 3. The fraction of sp³-hybridized carbons (Fsp3) is 0.875. The van der Waals surface area contributed by atoms with E-state index < -0.39 is 5.66 Å². The summed E-state index contributed by atoms with van der Waals surface area (Å²) < 4.78 is 0. The molecule has 8 N–H and O–H groups in total. The molecule has 0 fully saturated rings. The van der Waals surface area contributed by atoms with E-state index in [9.17, 15) is 0 Å². The summed E-state index contributed by atoms with van der Waals surface area (Å²) >= 11 is 0. The molecule has 0 aliphatic rings. The van der Waals surface area contributed by atoms with Crippen LogP contribution in [0.3, 0.4) is 0 Å². The summed E-state index contributed by atoms with van der Waals surface area (Å²) in [5.74, 6) is 0.245. The quantitative estimate of drug-likeness (QED) is 0.216. The maximum Gasteiger partial charge on any atom is 0.188 e. The van der Waals surface area contributed by atoms with Crippen LogP contribution in [0.4, 0.5) is 0 Å². The zero-order valence-electron chi connectivity index (χ0n) is 14.6. The molecular formula is C16H36N6. The van der Waals surface area contributed by atoms with E-state index in [1.165, 1.54) is 12.8 Å². The highest BCUT2D eigenvalue weighted by atomic mass is 15.2. The topological polar surface area (TPSA) is 126 Å². The smallest absolute Gasteiger partial charge is 0.188 e. The monoisotopic (exact) mass is 312 g/mol. The third-order valence-corrected chi connectivity index (χ3v) is 4.17. The molecule has 0 aliphatic carbocycles. The predicted molar refractivity (Wildman–Crippen MR) is 95.7 cm³/mol. The summed E-state index contributed by atoms with van der Waals surface area (Å²) in [6.07, 6.45) is 9.57. The molecule has 0 bridgehead atoms. The van der Waals surface area contributed by atoms with E-state index in [0.29, 0.717) is 0 Å². The lowest BCUT2D eigenvalue weighted by atomic mass is 9.82. The summed E-state index contributed by atoms with van der Waals surface area (Å²) in [6.45, 7) is 6.51. The predicted octanol–water partition coefficient (Wildman–Crippen LogP) is 2.63. The van der Waals surface area contributed by atoms with Crippen LogP contribution in [0.25, 0.3) is 0 Å². The van der Waals surface area contributed by atoms with Crippen molar-refractivity contribution in [2.24, 2.45) is 28.1 Å². The molecule has 0 radical (unpaired) electrons. The molecule has 130 valence electrons. The Balaban J connectivity index is 5.31. The first-order valence-corrected chi connectivity index (χ1v) is 8.64. The van der Waals surface area contributed by atoms with Gasteiger partial charge in [0.25, 0.3) is 0 Å². The molecule has 0 amide bonds. The molecule has 2 unspecified atom stereocenters. The van der Waals surface area contributed by atoms with Crippen molar-refractivity contribution in [2.45, 2.75) is 84.2 Å². The largest absolute Gasteiger partial charge is 0.370 e. The lowest BCUT2D eigenvalue weighted by molar-refractivity contribution is 0.202. The normalized spacial score (nSPS) is 14.9. The van der Waals surface area contributed by atoms with Crippen LogP contribution in [0.15, 0.2) is 4.99 Å². The molecule has 0 aromatic carbocycles. The van der Waals surface area contributed by atoms with Crippen LogP contribution in [0, 0.1) is 11.3 Å². The minimum atomic E-state index is -0.650. The van der Waals surface area contributed by atoms with Crippen molar-refractivity contribution in [1.82, 2.24) is 5.32 Å². The van der Waals surface area contributed by atoms with E-state index in [0.717, 1.165) is 44.9 Å². The second-order valence-electron chi connectivity index (χ2n) is 6.06. The first-order valence-electron chi connectivity index (χ1n) is 8.64. The van der Waals surface area contributed by atoms with Gasteiger partial charge in [0.2, 0.25) is 0 Å². The molecule has 0 aromatic heterocycles. The second-order valence-corrected chi connectivity index (χ2v) is 6.06. The number of nitrogens with one attached hydrogen (secondary N) is 2. The van der Waals surface area contributed by atoms with Crippen LogP contribution in [-0.4, -0.2) is 17.6 Å². The van der Waals surface area contributed by atoms with Gasteiger partial charge in [0.1, 0.15) is 5.66 Å². The van der Waals surface area contributed by atoms with Gasteiger partial charge in [0, 0.05) is 5.92 Å².